The van der Waals surface area contributed by atoms with E-state index in [0.717, 1.165) is 11.3 Å². The molecule has 1 atom stereocenters. The van der Waals surface area contributed by atoms with Crippen LogP contribution in [0.15, 0.2) is 29.6 Å². The first-order valence-electron chi connectivity index (χ1n) is 6.65. The van der Waals surface area contributed by atoms with Crippen molar-refractivity contribution in [1.29, 1.82) is 0 Å². The summed E-state index contributed by atoms with van der Waals surface area (Å²) in [4.78, 5) is 16.1. The van der Waals surface area contributed by atoms with Gasteiger partial charge in [-0.1, -0.05) is 12.1 Å². The predicted octanol–water partition coefficient (Wildman–Crippen LogP) is 3.11. The lowest BCUT2D eigenvalue weighted by Crippen LogP contribution is -2.28. The van der Waals surface area contributed by atoms with Gasteiger partial charge in [0.15, 0.2) is 11.2 Å². The van der Waals surface area contributed by atoms with Crippen LogP contribution in [-0.4, -0.2) is 23.2 Å². The van der Waals surface area contributed by atoms with Crippen molar-refractivity contribution in [3.8, 4) is 17.0 Å². The molecule has 0 radical (unpaired) electrons. The minimum atomic E-state index is -0.690. The van der Waals surface area contributed by atoms with Crippen molar-refractivity contribution in [2.75, 3.05) is 5.73 Å². The molecule has 2 N–H and O–H groups in total. The third kappa shape index (κ3) is 3.95. The summed E-state index contributed by atoms with van der Waals surface area (Å²) in [5.41, 5.74) is 7.20. The number of nitrogen functional groups attached to an aromatic ring is 1. The molecule has 5 nitrogen and oxygen atoms in total. The number of aromatic nitrogens is 1. The quantitative estimate of drug-likeness (QED) is 0.859. The Labute approximate surface area is 127 Å². The number of esters is 1. The Kier molecular flexibility index (Phi) is 4.80. The molecule has 6 heteroatoms. The van der Waals surface area contributed by atoms with Gasteiger partial charge >= 0.3 is 5.97 Å². The van der Waals surface area contributed by atoms with Crippen LogP contribution in [0.1, 0.15) is 20.8 Å². The number of carbonyl (C=O) groups is 1. The van der Waals surface area contributed by atoms with Crippen LogP contribution in [0.3, 0.4) is 0 Å². The maximum atomic E-state index is 11.8. The van der Waals surface area contributed by atoms with E-state index < -0.39 is 12.1 Å². The lowest BCUT2D eigenvalue weighted by Gasteiger charge is -2.17. The normalized spacial score (nSPS) is 12.2. The SMILES string of the molecule is CC(C)OC(=O)C(C)Oc1ccccc1-c1csc(N)n1. The van der Waals surface area contributed by atoms with Gasteiger partial charge in [0.05, 0.1) is 11.8 Å². The van der Waals surface area contributed by atoms with E-state index in [-0.39, 0.29) is 6.10 Å². The molecule has 0 bridgehead atoms. The maximum absolute atomic E-state index is 11.8. The van der Waals surface area contributed by atoms with Gasteiger partial charge < -0.3 is 15.2 Å². The van der Waals surface area contributed by atoms with Crippen molar-refractivity contribution in [1.82, 2.24) is 4.98 Å². The van der Waals surface area contributed by atoms with Gasteiger partial charge in [-0.2, -0.15) is 0 Å². The van der Waals surface area contributed by atoms with E-state index >= 15 is 0 Å². The molecule has 0 saturated heterocycles. The Bertz CT molecular complexity index is 625. The monoisotopic (exact) mass is 306 g/mol. The molecule has 0 aliphatic heterocycles. The Balaban J connectivity index is 2.19. The molecule has 1 aromatic carbocycles. The smallest absolute Gasteiger partial charge is 0.347 e. The predicted molar refractivity (Wildman–Crippen MR) is 83.3 cm³/mol. The Hall–Kier alpha value is -2.08. The number of nitrogens with zero attached hydrogens (tertiary/aromatic N) is 1. The van der Waals surface area contributed by atoms with Crippen molar-refractivity contribution in [2.45, 2.75) is 33.0 Å². The molecule has 112 valence electrons. The fourth-order valence-electron chi connectivity index (χ4n) is 1.76. The van der Waals surface area contributed by atoms with E-state index in [9.17, 15) is 4.79 Å². The molecular formula is C15H18N2O3S. The summed E-state index contributed by atoms with van der Waals surface area (Å²) in [5.74, 6) is 0.189. The van der Waals surface area contributed by atoms with Crippen LogP contribution in [-0.2, 0) is 9.53 Å². The van der Waals surface area contributed by atoms with Gasteiger partial charge in [-0.15, -0.1) is 11.3 Å². The number of carbonyl (C=O) groups excluding carboxylic acids is 1. The number of hydrogen-bond donors (Lipinski definition) is 1. The summed E-state index contributed by atoms with van der Waals surface area (Å²) in [6.07, 6.45) is -0.860. The number of thiazole rings is 1. The van der Waals surface area contributed by atoms with Gasteiger partial charge in [-0.05, 0) is 32.9 Å². The zero-order chi connectivity index (χ0) is 15.4. The summed E-state index contributed by atoms with van der Waals surface area (Å²) in [5, 5.41) is 2.35. The Morgan fingerprint density at radius 3 is 2.62 bits per heavy atom. The molecule has 0 aliphatic rings. The number of benzene rings is 1. The largest absolute Gasteiger partial charge is 0.478 e. The molecule has 1 unspecified atom stereocenters. The first-order valence-corrected chi connectivity index (χ1v) is 7.53. The van der Waals surface area contributed by atoms with Gasteiger partial charge in [0.2, 0.25) is 0 Å². The zero-order valence-electron chi connectivity index (χ0n) is 12.2. The average Bonchev–Trinajstić information content (AvgIpc) is 2.85. The molecule has 0 aliphatic carbocycles. The molecule has 1 heterocycles. The van der Waals surface area contributed by atoms with Crippen LogP contribution in [0.25, 0.3) is 11.3 Å². The van der Waals surface area contributed by atoms with Gasteiger partial charge in [-0.3, -0.25) is 0 Å². The van der Waals surface area contributed by atoms with E-state index in [1.54, 1.807) is 26.8 Å². The number of rotatable bonds is 5. The fraction of sp³-hybridized carbons (Fsp3) is 0.333. The highest BCUT2D eigenvalue weighted by Gasteiger charge is 2.19. The zero-order valence-corrected chi connectivity index (χ0v) is 13.0. The van der Waals surface area contributed by atoms with Crippen molar-refractivity contribution in [3.63, 3.8) is 0 Å². The third-order valence-corrected chi connectivity index (χ3v) is 3.35. The van der Waals surface area contributed by atoms with Gasteiger partial charge in [0, 0.05) is 10.9 Å². The standard InChI is InChI=1S/C15H18N2O3S/c1-9(2)19-14(18)10(3)20-13-7-5-4-6-11(13)12-8-21-15(16)17-12/h4-10H,1-3H3,(H2,16,17). The van der Waals surface area contributed by atoms with E-state index in [0.29, 0.717) is 10.9 Å². The van der Waals surface area contributed by atoms with Crippen molar-refractivity contribution in [2.24, 2.45) is 0 Å². The lowest BCUT2D eigenvalue weighted by molar-refractivity contribution is -0.154. The van der Waals surface area contributed by atoms with Crippen LogP contribution in [0.2, 0.25) is 0 Å². The number of nitrogens with two attached hydrogens (primary N) is 1. The van der Waals surface area contributed by atoms with Crippen LogP contribution in [0.5, 0.6) is 5.75 Å². The summed E-state index contributed by atoms with van der Waals surface area (Å²) >= 11 is 1.36. The molecule has 2 rings (SSSR count). The van der Waals surface area contributed by atoms with Crippen molar-refractivity contribution >= 4 is 22.4 Å². The van der Waals surface area contributed by atoms with Crippen molar-refractivity contribution < 1.29 is 14.3 Å². The number of anilines is 1. The van der Waals surface area contributed by atoms with E-state index in [4.69, 9.17) is 15.2 Å². The minimum absolute atomic E-state index is 0.169. The summed E-state index contributed by atoms with van der Waals surface area (Å²) in [7, 11) is 0. The Morgan fingerprint density at radius 1 is 1.29 bits per heavy atom. The van der Waals surface area contributed by atoms with Crippen LogP contribution in [0.4, 0.5) is 5.13 Å². The highest BCUT2D eigenvalue weighted by atomic mass is 32.1. The average molecular weight is 306 g/mol. The first kappa shape index (κ1) is 15.3. The fourth-order valence-corrected chi connectivity index (χ4v) is 2.32. The highest BCUT2D eigenvalue weighted by Crippen LogP contribution is 2.31. The van der Waals surface area contributed by atoms with E-state index in [1.807, 2.05) is 23.6 Å². The van der Waals surface area contributed by atoms with E-state index in [1.165, 1.54) is 11.3 Å². The number of para-hydroxylation sites is 1. The Morgan fingerprint density at radius 2 is 2.00 bits per heavy atom. The van der Waals surface area contributed by atoms with Crippen LogP contribution >= 0.6 is 11.3 Å². The topological polar surface area (TPSA) is 74.4 Å². The maximum Gasteiger partial charge on any atom is 0.347 e. The first-order chi connectivity index (χ1) is 9.97. The molecule has 1 aromatic heterocycles. The molecule has 21 heavy (non-hydrogen) atoms. The van der Waals surface area contributed by atoms with Crippen LogP contribution < -0.4 is 10.5 Å². The van der Waals surface area contributed by atoms with E-state index in [2.05, 4.69) is 4.98 Å². The summed E-state index contributed by atoms with van der Waals surface area (Å²) in [6, 6.07) is 7.40. The molecule has 2 aromatic rings. The van der Waals surface area contributed by atoms with Gasteiger partial charge in [0.25, 0.3) is 0 Å². The highest BCUT2D eigenvalue weighted by molar-refractivity contribution is 7.13. The second-order valence-electron chi connectivity index (χ2n) is 4.81. The summed E-state index contributed by atoms with van der Waals surface area (Å²) < 4.78 is 10.9. The van der Waals surface area contributed by atoms with Crippen LogP contribution in [0, 0.1) is 0 Å². The third-order valence-electron chi connectivity index (χ3n) is 2.67. The second kappa shape index (κ2) is 6.58. The molecular weight excluding hydrogens is 288 g/mol. The minimum Gasteiger partial charge on any atom is -0.478 e. The summed E-state index contributed by atoms with van der Waals surface area (Å²) in [6.45, 7) is 5.27. The number of hydrogen-bond acceptors (Lipinski definition) is 6. The molecule has 0 saturated carbocycles. The van der Waals surface area contributed by atoms with Gasteiger partial charge in [-0.25, -0.2) is 9.78 Å². The molecule has 0 fully saturated rings. The van der Waals surface area contributed by atoms with Crippen molar-refractivity contribution in [3.05, 3.63) is 29.6 Å². The van der Waals surface area contributed by atoms with Gasteiger partial charge in [0.1, 0.15) is 5.75 Å². The molecule has 0 amide bonds. The second-order valence-corrected chi connectivity index (χ2v) is 5.70. The molecule has 0 spiro atoms. The lowest BCUT2D eigenvalue weighted by atomic mass is 10.1. The number of ether oxygens (including phenoxy) is 2.